The van der Waals surface area contributed by atoms with Crippen LogP contribution in [0.1, 0.15) is 22.3 Å². The molecule has 246 valence electrons. The van der Waals surface area contributed by atoms with Crippen LogP contribution in [-0.2, 0) is 0 Å². The van der Waals surface area contributed by atoms with Crippen molar-refractivity contribution in [2.45, 2.75) is 0 Å². The van der Waals surface area contributed by atoms with Gasteiger partial charge in [0.1, 0.15) is 11.2 Å². The van der Waals surface area contributed by atoms with Crippen molar-refractivity contribution in [1.29, 1.82) is 0 Å². The zero-order valence-corrected chi connectivity index (χ0v) is 28.6. The highest BCUT2D eigenvalue weighted by atomic mass is 16.3. The Morgan fingerprint density at radius 3 is 1.42 bits per heavy atom. The van der Waals surface area contributed by atoms with E-state index in [9.17, 15) is 0 Å². The van der Waals surface area contributed by atoms with Gasteiger partial charge < -0.3 is 9.32 Å². The summed E-state index contributed by atoms with van der Waals surface area (Å²) in [6.45, 7) is 0. The maximum absolute atomic E-state index is 6.33. The van der Waals surface area contributed by atoms with E-state index in [2.05, 4.69) is 205 Å². The van der Waals surface area contributed by atoms with E-state index < -0.39 is 0 Å². The Labute approximate surface area is 304 Å². The molecule has 1 heterocycles. The molecule has 2 nitrogen and oxygen atoms in total. The number of hydrogen-bond donors (Lipinski definition) is 0. The summed E-state index contributed by atoms with van der Waals surface area (Å²) in [7, 11) is 0. The van der Waals surface area contributed by atoms with Crippen molar-refractivity contribution < 1.29 is 4.42 Å². The quantitative estimate of drug-likeness (QED) is 0.150. The lowest BCUT2D eigenvalue weighted by atomic mass is 9.85. The summed E-state index contributed by atoms with van der Waals surface area (Å²) in [6, 6.07) is 75.3. The average Bonchev–Trinajstić information content (AvgIpc) is 3.59. The van der Waals surface area contributed by atoms with Gasteiger partial charge in [-0.3, -0.25) is 0 Å². The van der Waals surface area contributed by atoms with Gasteiger partial charge in [-0.25, -0.2) is 0 Å². The fraction of sp³-hybridized carbons (Fsp3) is 0. The number of hydrogen-bond acceptors (Lipinski definition) is 2. The number of nitrogens with zero attached hydrogens (tertiary/aromatic N) is 1. The molecule has 0 atom stereocenters. The third-order valence-electron chi connectivity index (χ3n) is 9.66. The third kappa shape index (κ3) is 5.97. The molecule has 52 heavy (non-hydrogen) atoms. The Hall–Kier alpha value is -6.90. The van der Waals surface area contributed by atoms with Gasteiger partial charge in [0.15, 0.2) is 0 Å². The van der Waals surface area contributed by atoms with Gasteiger partial charge in [-0.15, -0.1) is 0 Å². The number of furan rings is 1. The molecular weight excluding hydrogens is 631 g/mol. The Bertz CT molecular complexity index is 2620. The summed E-state index contributed by atoms with van der Waals surface area (Å²) in [4.78, 5) is 2.30. The highest BCUT2D eigenvalue weighted by molar-refractivity contribution is 6.07. The van der Waals surface area contributed by atoms with E-state index in [1.54, 1.807) is 0 Å². The number of para-hydroxylation sites is 2. The first kappa shape index (κ1) is 31.1. The molecule has 0 aliphatic carbocycles. The van der Waals surface area contributed by atoms with E-state index in [0.29, 0.717) is 0 Å². The fourth-order valence-electron chi connectivity index (χ4n) is 7.28. The van der Waals surface area contributed by atoms with E-state index in [4.69, 9.17) is 4.42 Å². The number of benzene rings is 8. The average molecular weight is 666 g/mol. The Kier molecular flexibility index (Phi) is 8.24. The number of anilines is 3. The predicted octanol–water partition coefficient (Wildman–Crippen LogP) is 13.7. The summed E-state index contributed by atoms with van der Waals surface area (Å²) in [5.41, 5.74) is 14.3. The lowest BCUT2D eigenvalue weighted by Crippen LogP contribution is -2.09. The first-order valence-corrected chi connectivity index (χ1v) is 17.7. The molecule has 0 fully saturated rings. The lowest BCUT2D eigenvalue weighted by molar-refractivity contribution is 0.669. The predicted molar refractivity (Wildman–Crippen MR) is 218 cm³/mol. The molecule has 0 aliphatic heterocycles. The van der Waals surface area contributed by atoms with E-state index in [0.717, 1.165) is 55.7 Å². The first-order valence-electron chi connectivity index (χ1n) is 17.7. The molecule has 0 spiro atoms. The molecule has 0 radical (unpaired) electrons. The summed E-state index contributed by atoms with van der Waals surface area (Å²) in [5, 5.41) is 2.24. The van der Waals surface area contributed by atoms with Crippen molar-refractivity contribution in [1.82, 2.24) is 0 Å². The van der Waals surface area contributed by atoms with E-state index in [-0.39, 0.29) is 0 Å². The summed E-state index contributed by atoms with van der Waals surface area (Å²) in [5.74, 6) is 0. The molecule has 0 saturated heterocycles. The maximum atomic E-state index is 6.33. The smallest absolute Gasteiger partial charge is 0.137 e. The number of fused-ring (bicyclic) bond motifs is 3. The Morgan fingerprint density at radius 1 is 0.308 bits per heavy atom. The van der Waals surface area contributed by atoms with Crippen molar-refractivity contribution in [2.75, 3.05) is 4.90 Å². The maximum Gasteiger partial charge on any atom is 0.137 e. The zero-order chi connectivity index (χ0) is 34.7. The van der Waals surface area contributed by atoms with E-state index in [1.165, 1.54) is 27.8 Å². The molecule has 0 aliphatic rings. The lowest BCUT2D eigenvalue weighted by Gasteiger charge is -2.26. The van der Waals surface area contributed by atoms with Crippen molar-refractivity contribution in [3.05, 3.63) is 235 Å². The summed E-state index contributed by atoms with van der Waals surface area (Å²) in [6.07, 6.45) is 0. The summed E-state index contributed by atoms with van der Waals surface area (Å²) >= 11 is 0. The molecule has 0 unspecified atom stereocenters. The molecule has 1 aromatic heterocycles. The van der Waals surface area contributed by atoms with Crippen LogP contribution >= 0.6 is 0 Å². The molecule has 2 heteroatoms. The van der Waals surface area contributed by atoms with Gasteiger partial charge in [-0.2, -0.15) is 0 Å². The molecule has 0 bridgehead atoms. The summed E-state index contributed by atoms with van der Waals surface area (Å²) < 4.78 is 6.33. The normalized spacial score (nSPS) is 11.1. The molecule has 9 rings (SSSR count). The van der Waals surface area contributed by atoms with Gasteiger partial charge in [-0.05, 0) is 93.1 Å². The fourth-order valence-corrected chi connectivity index (χ4v) is 7.28. The van der Waals surface area contributed by atoms with E-state index in [1.807, 2.05) is 12.1 Å². The van der Waals surface area contributed by atoms with Crippen LogP contribution in [0.4, 0.5) is 17.1 Å². The standard InChI is InChI=1S/C50H35NO/c1-5-17-36(18-6-1)49(37-19-7-2-8-20-37)50(38-21-9-3-10-22-38)41-25-15-23-39(33-41)40-24-16-28-43(34-40)51(42-26-11-4-12-27-42)44-31-32-46-45-29-13-14-30-47(45)52-48(46)35-44/h1-35H. The minimum absolute atomic E-state index is 0.872. The van der Waals surface area contributed by atoms with Gasteiger partial charge in [0, 0.05) is 33.9 Å². The SMILES string of the molecule is c1ccc(C(=C(c2ccccc2)c2cccc(-c3cccc(N(c4ccccc4)c4ccc5c(c4)oc4ccccc45)c3)c2)c2ccccc2)cc1. The van der Waals surface area contributed by atoms with Crippen LogP contribution in [0.2, 0.25) is 0 Å². The molecular formula is C50H35NO. The van der Waals surface area contributed by atoms with Crippen LogP contribution in [0.5, 0.6) is 0 Å². The van der Waals surface area contributed by atoms with Gasteiger partial charge in [0.05, 0.1) is 0 Å². The second-order valence-corrected chi connectivity index (χ2v) is 12.9. The van der Waals surface area contributed by atoms with Gasteiger partial charge in [-0.1, -0.05) is 158 Å². The highest BCUT2D eigenvalue weighted by Gasteiger charge is 2.18. The van der Waals surface area contributed by atoms with Crippen molar-refractivity contribution in [3.8, 4) is 11.1 Å². The largest absolute Gasteiger partial charge is 0.456 e. The van der Waals surface area contributed by atoms with Gasteiger partial charge >= 0.3 is 0 Å². The number of rotatable bonds is 8. The first-order chi connectivity index (χ1) is 25.8. The topological polar surface area (TPSA) is 16.4 Å². The molecule has 0 N–H and O–H groups in total. The molecule has 9 aromatic rings. The van der Waals surface area contributed by atoms with Crippen molar-refractivity contribution in [2.24, 2.45) is 0 Å². The second kappa shape index (κ2) is 13.8. The van der Waals surface area contributed by atoms with Crippen molar-refractivity contribution >= 4 is 50.1 Å². The van der Waals surface area contributed by atoms with Crippen LogP contribution < -0.4 is 4.90 Å². The Balaban J connectivity index is 1.19. The second-order valence-electron chi connectivity index (χ2n) is 12.9. The minimum Gasteiger partial charge on any atom is -0.456 e. The Morgan fingerprint density at radius 2 is 0.769 bits per heavy atom. The molecule has 0 saturated carbocycles. The van der Waals surface area contributed by atoms with Crippen LogP contribution in [-0.4, -0.2) is 0 Å². The third-order valence-corrected chi connectivity index (χ3v) is 9.66. The monoisotopic (exact) mass is 665 g/mol. The molecule has 0 amide bonds. The van der Waals surface area contributed by atoms with E-state index >= 15 is 0 Å². The van der Waals surface area contributed by atoms with Crippen LogP contribution in [0.25, 0.3) is 44.2 Å². The minimum atomic E-state index is 0.872. The van der Waals surface area contributed by atoms with Crippen LogP contribution in [0, 0.1) is 0 Å². The highest BCUT2D eigenvalue weighted by Crippen LogP contribution is 2.41. The van der Waals surface area contributed by atoms with Crippen molar-refractivity contribution in [3.63, 3.8) is 0 Å². The zero-order valence-electron chi connectivity index (χ0n) is 28.6. The van der Waals surface area contributed by atoms with Crippen LogP contribution in [0.15, 0.2) is 217 Å². The van der Waals surface area contributed by atoms with Crippen LogP contribution in [0.3, 0.4) is 0 Å². The van der Waals surface area contributed by atoms with Gasteiger partial charge in [0.2, 0.25) is 0 Å². The van der Waals surface area contributed by atoms with Gasteiger partial charge in [0.25, 0.3) is 0 Å². The molecule has 8 aromatic carbocycles.